The van der Waals surface area contributed by atoms with E-state index in [1.54, 1.807) is 6.92 Å². The van der Waals surface area contributed by atoms with Gasteiger partial charge in [0, 0.05) is 11.4 Å². The van der Waals surface area contributed by atoms with Gasteiger partial charge in [-0.25, -0.2) is 0 Å². The highest BCUT2D eigenvalue weighted by Gasteiger charge is 2.02. The van der Waals surface area contributed by atoms with E-state index in [0.29, 0.717) is 16.8 Å². The molecule has 4 N–H and O–H groups in total. The van der Waals surface area contributed by atoms with E-state index in [9.17, 15) is 9.90 Å². The van der Waals surface area contributed by atoms with E-state index in [2.05, 4.69) is 18.6 Å². The first kappa shape index (κ1) is 17.5. The molecule has 6 heteroatoms. The minimum atomic E-state index is -1.45. The summed E-state index contributed by atoms with van der Waals surface area (Å²) < 4.78 is 4.20. The van der Waals surface area contributed by atoms with Gasteiger partial charge in [-0.05, 0) is 31.5 Å². The molecule has 0 aromatic carbocycles. The zero-order valence-corrected chi connectivity index (χ0v) is 11.2. The van der Waals surface area contributed by atoms with Crippen LogP contribution in [0.5, 0.6) is 0 Å². The molecule has 0 saturated carbocycles. The minimum Gasteiger partial charge on any atom is -0.547 e. The molecular weight excluding hydrogens is 228 g/mol. The minimum absolute atomic E-state index is 0.236. The van der Waals surface area contributed by atoms with Crippen molar-refractivity contribution in [3.63, 3.8) is 0 Å². The lowest BCUT2D eigenvalue weighted by molar-refractivity contribution is -0.286. The number of nitrogens with two attached hydrogens (primary N) is 2. The van der Waals surface area contributed by atoms with E-state index in [4.69, 9.17) is 11.1 Å². The molecular formula is C10H22N2O3S. The Morgan fingerprint density at radius 1 is 1.44 bits per heavy atom. The smallest absolute Gasteiger partial charge is 0.300 e. The van der Waals surface area contributed by atoms with Crippen molar-refractivity contribution in [2.24, 2.45) is 5.73 Å². The molecule has 0 aromatic rings. The summed E-state index contributed by atoms with van der Waals surface area (Å²) in [6.07, 6.45) is 0.121. The van der Waals surface area contributed by atoms with E-state index >= 15 is 0 Å². The molecule has 96 valence electrons. The SMILES string of the molecule is CCC(C)OC(=O)[O-].CCC(C)SC(N)=[NH2+]. The zero-order chi connectivity index (χ0) is 13.1. The van der Waals surface area contributed by atoms with Gasteiger partial charge in [0.1, 0.15) is 0 Å². The fourth-order valence-electron chi connectivity index (χ4n) is 0.563. The van der Waals surface area contributed by atoms with Crippen LogP contribution in [-0.4, -0.2) is 22.7 Å². The molecule has 0 fully saturated rings. The maximum Gasteiger partial charge on any atom is 0.300 e. The quantitative estimate of drug-likeness (QED) is 0.406. The third-order valence-corrected chi connectivity index (χ3v) is 2.79. The molecule has 0 rings (SSSR count). The van der Waals surface area contributed by atoms with Gasteiger partial charge >= 0.3 is 0 Å². The van der Waals surface area contributed by atoms with Crippen LogP contribution in [0.1, 0.15) is 40.5 Å². The molecule has 0 heterocycles. The van der Waals surface area contributed by atoms with Gasteiger partial charge in [-0.1, -0.05) is 20.8 Å². The highest BCUT2D eigenvalue weighted by Crippen LogP contribution is 2.09. The number of hydrogen-bond acceptors (Lipinski definition) is 4. The fourth-order valence-corrected chi connectivity index (χ4v) is 1.19. The summed E-state index contributed by atoms with van der Waals surface area (Å²) in [5.74, 6) is 0. The van der Waals surface area contributed by atoms with E-state index in [-0.39, 0.29) is 6.10 Å². The van der Waals surface area contributed by atoms with Gasteiger partial charge in [0.2, 0.25) is 0 Å². The third-order valence-electron chi connectivity index (χ3n) is 1.78. The number of carbonyl (C=O) groups excluding carboxylic acids is 1. The number of thioether (sulfide) groups is 1. The van der Waals surface area contributed by atoms with Crippen molar-refractivity contribution in [3.05, 3.63) is 0 Å². The molecule has 0 aromatic heterocycles. The Hall–Kier alpha value is -0.910. The van der Waals surface area contributed by atoms with Crippen LogP contribution in [0, 0.1) is 0 Å². The first-order valence-corrected chi connectivity index (χ1v) is 6.13. The van der Waals surface area contributed by atoms with Crippen LogP contribution in [0.25, 0.3) is 0 Å². The van der Waals surface area contributed by atoms with Crippen molar-refractivity contribution in [2.45, 2.75) is 51.9 Å². The van der Waals surface area contributed by atoms with E-state index in [0.717, 1.165) is 6.42 Å². The van der Waals surface area contributed by atoms with E-state index in [1.807, 2.05) is 6.92 Å². The maximum atomic E-state index is 9.64. The number of carbonyl (C=O) groups is 1. The number of hydrogen-bond donors (Lipinski definition) is 2. The van der Waals surface area contributed by atoms with Crippen molar-refractivity contribution < 1.29 is 20.0 Å². The lowest BCUT2D eigenvalue weighted by Gasteiger charge is -2.14. The predicted molar refractivity (Wildman–Crippen MR) is 64.7 cm³/mol. The standard InChI is InChI=1S/C5H12N2S.C5H10O3/c2*1-3-4(2)8-5(6)7/h4H,3H2,1-2H3,(H3,6,7);4H,3H2,1-2H3,(H,6,7). The van der Waals surface area contributed by atoms with Gasteiger partial charge in [0.15, 0.2) is 0 Å². The van der Waals surface area contributed by atoms with Crippen LogP contribution in [0.15, 0.2) is 0 Å². The van der Waals surface area contributed by atoms with Crippen LogP contribution in [0.3, 0.4) is 0 Å². The van der Waals surface area contributed by atoms with Crippen LogP contribution < -0.4 is 16.2 Å². The maximum absolute atomic E-state index is 9.64. The first-order chi connectivity index (χ1) is 7.33. The number of amidine groups is 1. The van der Waals surface area contributed by atoms with Crippen LogP contribution in [0.2, 0.25) is 0 Å². The summed E-state index contributed by atoms with van der Waals surface area (Å²) in [6.45, 7) is 7.73. The second-order valence-corrected chi connectivity index (χ2v) is 4.84. The average molecular weight is 250 g/mol. The van der Waals surface area contributed by atoms with Gasteiger partial charge in [-0.2, -0.15) is 0 Å². The Kier molecular flexibility index (Phi) is 11.6. The predicted octanol–water partition coefficient (Wildman–Crippen LogP) is -0.263. The Labute approximate surface area is 101 Å². The summed E-state index contributed by atoms with van der Waals surface area (Å²) in [5, 5.41) is 15.9. The lowest BCUT2D eigenvalue weighted by atomic mass is 10.3. The normalized spacial score (nSPS) is 13.0. The third kappa shape index (κ3) is 15.6. The Morgan fingerprint density at radius 3 is 2.06 bits per heavy atom. The molecule has 16 heavy (non-hydrogen) atoms. The van der Waals surface area contributed by atoms with Crippen LogP contribution in [-0.2, 0) is 4.74 Å². The van der Waals surface area contributed by atoms with Crippen molar-refractivity contribution in [1.82, 2.24) is 0 Å². The highest BCUT2D eigenvalue weighted by molar-refractivity contribution is 8.14. The van der Waals surface area contributed by atoms with Crippen LogP contribution >= 0.6 is 11.8 Å². The molecule has 0 bridgehead atoms. The van der Waals surface area contributed by atoms with Crippen molar-refractivity contribution in [2.75, 3.05) is 0 Å². The summed E-state index contributed by atoms with van der Waals surface area (Å²) in [7, 11) is 0. The molecule has 0 amide bonds. The fraction of sp³-hybridized carbons (Fsp3) is 0.800. The number of ether oxygens (including phenoxy) is 1. The lowest BCUT2D eigenvalue weighted by Crippen LogP contribution is -2.44. The summed E-state index contributed by atoms with van der Waals surface area (Å²) >= 11 is 1.53. The summed E-state index contributed by atoms with van der Waals surface area (Å²) in [4.78, 5) is 9.64. The molecule has 0 spiro atoms. The monoisotopic (exact) mass is 250 g/mol. The Balaban J connectivity index is 0. The Bertz CT molecular complexity index is 190. The largest absolute Gasteiger partial charge is 0.547 e. The van der Waals surface area contributed by atoms with Crippen molar-refractivity contribution in [3.8, 4) is 0 Å². The molecule has 2 atom stereocenters. The molecule has 0 radical (unpaired) electrons. The summed E-state index contributed by atoms with van der Waals surface area (Å²) in [6, 6.07) is 0. The van der Waals surface area contributed by atoms with Crippen molar-refractivity contribution >= 4 is 23.1 Å². The second-order valence-electron chi connectivity index (χ2n) is 3.33. The van der Waals surface area contributed by atoms with Crippen molar-refractivity contribution in [1.29, 1.82) is 0 Å². The van der Waals surface area contributed by atoms with Gasteiger partial charge < -0.3 is 14.6 Å². The van der Waals surface area contributed by atoms with Gasteiger partial charge in [0.25, 0.3) is 11.3 Å². The highest BCUT2D eigenvalue weighted by atomic mass is 32.2. The number of carboxylic acid groups (broad SMARTS) is 1. The zero-order valence-electron chi connectivity index (χ0n) is 10.4. The molecule has 0 aliphatic carbocycles. The second kappa shape index (κ2) is 10.6. The number of rotatable bonds is 4. The van der Waals surface area contributed by atoms with Crippen LogP contribution in [0.4, 0.5) is 4.79 Å². The topological polar surface area (TPSA) is 101 Å². The van der Waals surface area contributed by atoms with E-state index in [1.165, 1.54) is 11.8 Å². The first-order valence-electron chi connectivity index (χ1n) is 5.25. The van der Waals surface area contributed by atoms with Gasteiger partial charge in [0.05, 0.1) is 0 Å². The Morgan fingerprint density at radius 2 is 1.94 bits per heavy atom. The summed E-state index contributed by atoms with van der Waals surface area (Å²) in [5.41, 5.74) is 5.23. The van der Waals surface area contributed by atoms with E-state index < -0.39 is 6.16 Å². The molecule has 0 aliphatic rings. The molecule has 0 aliphatic heterocycles. The van der Waals surface area contributed by atoms with Gasteiger partial charge in [-0.15, -0.1) is 0 Å². The molecule has 0 saturated heterocycles. The molecule has 5 nitrogen and oxygen atoms in total. The molecule has 2 unspecified atom stereocenters. The average Bonchev–Trinajstić information content (AvgIpc) is 2.16. The van der Waals surface area contributed by atoms with Gasteiger partial charge in [-0.3, -0.25) is 11.1 Å².